The number of rotatable bonds is 3. The third-order valence-electron chi connectivity index (χ3n) is 4.75. The van der Waals surface area contributed by atoms with Crippen molar-refractivity contribution in [2.75, 3.05) is 5.32 Å². The second-order valence-electron chi connectivity index (χ2n) is 8.14. The van der Waals surface area contributed by atoms with Crippen LogP contribution in [0.15, 0.2) is 65.1 Å². The van der Waals surface area contributed by atoms with Crippen molar-refractivity contribution in [3.05, 3.63) is 81.8 Å². The van der Waals surface area contributed by atoms with Gasteiger partial charge in [0, 0.05) is 26.9 Å². The second kappa shape index (κ2) is 7.78. The molecule has 0 saturated carbocycles. The van der Waals surface area contributed by atoms with Crippen LogP contribution in [0, 0.1) is 0 Å². The number of benzene rings is 3. The van der Waals surface area contributed by atoms with E-state index in [1.165, 1.54) is 5.56 Å². The van der Waals surface area contributed by atoms with Gasteiger partial charge in [-0.3, -0.25) is 4.79 Å². The Morgan fingerprint density at radius 3 is 2.40 bits per heavy atom. The van der Waals surface area contributed by atoms with E-state index in [-0.39, 0.29) is 11.3 Å². The van der Waals surface area contributed by atoms with Gasteiger partial charge in [0.1, 0.15) is 5.52 Å². The third kappa shape index (κ3) is 4.35. The number of hydrogen-bond donors (Lipinski definition) is 1. The van der Waals surface area contributed by atoms with Crippen molar-refractivity contribution >= 4 is 45.9 Å². The molecule has 0 atom stereocenters. The predicted octanol–water partition coefficient (Wildman–Crippen LogP) is 7.35. The van der Waals surface area contributed by atoms with Crippen LogP contribution < -0.4 is 5.32 Å². The molecule has 4 rings (SSSR count). The van der Waals surface area contributed by atoms with Gasteiger partial charge in [-0.05, 0) is 59.5 Å². The highest BCUT2D eigenvalue weighted by atomic mass is 35.5. The molecule has 6 heteroatoms. The Hall–Kier alpha value is -2.82. The van der Waals surface area contributed by atoms with Crippen molar-refractivity contribution in [2.45, 2.75) is 26.2 Å². The summed E-state index contributed by atoms with van der Waals surface area (Å²) >= 11 is 12.0. The van der Waals surface area contributed by atoms with E-state index in [4.69, 9.17) is 27.6 Å². The summed E-state index contributed by atoms with van der Waals surface area (Å²) < 4.78 is 5.94. The van der Waals surface area contributed by atoms with Gasteiger partial charge in [0.2, 0.25) is 5.89 Å². The lowest BCUT2D eigenvalue weighted by Gasteiger charge is -2.18. The first-order chi connectivity index (χ1) is 14.2. The molecule has 0 aliphatic carbocycles. The van der Waals surface area contributed by atoms with E-state index in [9.17, 15) is 4.79 Å². The Balaban J connectivity index is 1.62. The molecule has 0 radical (unpaired) electrons. The van der Waals surface area contributed by atoms with Gasteiger partial charge in [0.15, 0.2) is 5.58 Å². The zero-order chi connectivity index (χ0) is 21.5. The molecule has 152 valence electrons. The van der Waals surface area contributed by atoms with Crippen molar-refractivity contribution in [3.63, 3.8) is 0 Å². The van der Waals surface area contributed by atoms with Crippen LogP contribution in [0.3, 0.4) is 0 Å². The lowest BCUT2D eigenvalue weighted by Crippen LogP contribution is -2.11. The molecule has 0 fully saturated rings. The molecule has 1 N–H and O–H groups in total. The monoisotopic (exact) mass is 438 g/mol. The minimum atomic E-state index is -0.302. The predicted molar refractivity (Wildman–Crippen MR) is 123 cm³/mol. The summed E-state index contributed by atoms with van der Waals surface area (Å²) in [5.74, 6) is 0.196. The van der Waals surface area contributed by atoms with Crippen molar-refractivity contribution < 1.29 is 9.21 Å². The lowest BCUT2D eigenvalue weighted by atomic mass is 9.87. The quantitative estimate of drug-likeness (QED) is 0.363. The Morgan fingerprint density at radius 1 is 0.967 bits per heavy atom. The summed E-state index contributed by atoms with van der Waals surface area (Å²) in [6, 6.07) is 18.1. The Bertz CT molecular complexity index is 1240. The average Bonchev–Trinajstić information content (AvgIpc) is 3.10. The number of fused-ring (bicyclic) bond motifs is 1. The van der Waals surface area contributed by atoms with Crippen LogP contribution in [0.1, 0.15) is 36.7 Å². The van der Waals surface area contributed by atoms with E-state index in [2.05, 4.69) is 43.2 Å². The van der Waals surface area contributed by atoms with Gasteiger partial charge in [-0.2, -0.15) is 0 Å². The maximum absolute atomic E-state index is 12.6. The first kappa shape index (κ1) is 20.5. The molecule has 4 nitrogen and oxygen atoms in total. The molecular weight excluding hydrogens is 419 g/mol. The number of halogens is 2. The van der Waals surface area contributed by atoms with Gasteiger partial charge in [-0.25, -0.2) is 4.98 Å². The van der Waals surface area contributed by atoms with Gasteiger partial charge in [-0.1, -0.05) is 56.1 Å². The van der Waals surface area contributed by atoms with Gasteiger partial charge < -0.3 is 9.73 Å². The standard InChI is InChI=1S/C24H20Cl2N2O2/c1-24(2,3)16-7-8-21-20(12-16)28-23(30-21)14-5-4-6-19(11-14)27-22(29)15-9-17(25)13-18(26)10-15/h4-13H,1-3H3,(H,27,29). The normalized spacial score (nSPS) is 11.6. The molecule has 3 aromatic carbocycles. The van der Waals surface area contributed by atoms with Gasteiger partial charge in [0.25, 0.3) is 5.91 Å². The van der Waals surface area contributed by atoms with E-state index in [1.807, 2.05) is 24.3 Å². The molecule has 0 aliphatic rings. The highest BCUT2D eigenvalue weighted by molar-refractivity contribution is 6.35. The average molecular weight is 439 g/mol. The molecule has 4 aromatic rings. The maximum Gasteiger partial charge on any atom is 0.255 e. The number of carbonyl (C=O) groups excluding carboxylic acids is 1. The minimum absolute atomic E-state index is 0.0285. The molecule has 0 spiro atoms. The number of amides is 1. The summed E-state index contributed by atoms with van der Waals surface area (Å²) in [7, 11) is 0. The summed E-state index contributed by atoms with van der Waals surface area (Å²) in [5, 5.41) is 3.67. The molecule has 0 bridgehead atoms. The van der Waals surface area contributed by atoms with E-state index in [1.54, 1.807) is 24.3 Å². The fourth-order valence-corrected chi connectivity index (χ4v) is 3.66. The first-order valence-electron chi connectivity index (χ1n) is 9.48. The van der Waals surface area contributed by atoms with E-state index in [0.29, 0.717) is 27.2 Å². The van der Waals surface area contributed by atoms with E-state index >= 15 is 0 Å². The second-order valence-corrected chi connectivity index (χ2v) is 9.02. The molecule has 1 amide bonds. The topological polar surface area (TPSA) is 55.1 Å². The van der Waals surface area contributed by atoms with Gasteiger partial charge in [-0.15, -0.1) is 0 Å². The number of aromatic nitrogens is 1. The first-order valence-corrected chi connectivity index (χ1v) is 10.2. The number of nitrogens with zero attached hydrogens (tertiary/aromatic N) is 1. The molecule has 1 heterocycles. The van der Waals surface area contributed by atoms with E-state index < -0.39 is 0 Å². The smallest absolute Gasteiger partial charge is 0.255 e. The zero-order valence-corrected chi connectivity index (χ0v) is 18.3. The molecular formula is C24H20Cl2N2O2. The number of oxazole rings is 1. The van der Waals surface area contributed by atoms with Crippen LogP contribution in [0.4, 0.5) is 5.69 Å². The Kier molecular flexibility index (Phi) is 5.31. The van der Waals surface area contributed by atoms with Crippen LogP contribution in [0.2, 0.25) is 10.0 Å². The zero-order valence-electron chi connectivity index (χ0n) is 16.8. The maximum atomic E-state index is 12.6. The fraction of sp³-hybridized carbons (Fsp3) is 0.167. The van der Waals surface area contributed by atoms with Crippen molar-refractivity contribution in [2.24, 2.45) is 0 Å². The SMILES string of the molecule is CC(C)(C)c1ccc2oc(-c3cccc(NC(=O)c4cc(Cl)cc(Cl)c4)c3)nc2c1. The number of carbonyl (C=O) groups is 1. The van der Waals surface area contributed by atoms with E-state index in [0.717, 1.165) is 16.7 Å². The summed E-state index contributed by atoms with van der Waals surface area (Å²) in [4.78, 5) is 17.2. The Morgan fingerprint density at radius 2 is 1.70 bits per heavy atom. The van der Waals surface area contributed by atoms with Crippen LogP contribution in [-0.2, 0) is 5.41 Å². The minimum Gasteiger partial charge on any atom is -0.436 e. The number of hydrogen-bond acceptors (Lipinski definition) is 3. The van der Waals surface area contributed by atoms with Crippen molar-refractivity contribution in [1.82, 2.24) is 4.98 Å². The molecule has 30 heavy (non-hydrogen) atoms. The number of anilines is 1. The largest absolute Gasteiger partial charge is 0.436 e. The highest BCUT2D eigenvalue weighted by Gasteiger charge is 2.17. The highest BCUT2D eigenvalue weighted by Crippen LogP contribution is 2.30. The summed E-state index contributed by atoms with van der Waals surface area (Å²) in [6.45, 7) is 6.48. The van der Waals surface area contributed by atoms with Crippen LogP contribution in [0.25, 0.3) is 22.6 Å². The van der Waals surface area contributed by atoms with Crippen molar-refractivity contribution in [3.8, 4) is 11.5 Å². The summed E-state index contributed by atoms with van der Waals surface area (Å²) in [5.41, 5.74) is 4.52. The third-order valence-corrected chi connectivity index (χ3v) is 5.18. The Labute approximate surface area is 184 Å². The van der Waals surface area contributed by atoms with Crippen molar-refractivity contribution in [1.29, 1.82) is 0 Å². The van der Waals surface area contributed by atoms with Crippen LogP contribution >= 0.6 is 23.2 Å². The number of nitrogens with one attached hydrogen (secondary N) is 1. The van der Waals surface area contributed by atoms with Crippen LogP contribution in [-0.4, -0.2) is 10.9 Å². The van der Waals surface area contributed by atoms with Crippen LogP contribution in [0.5, 0.6) is 0 Å². The van der Waals surface area contributed by atoms with Gasteiger partial charge >= 0.3 is 0 Å². The fourth-order valence-electron chi connectivity index (χ4n) is 3.14. The van der Waals surface area contributed by atoms with Gasteiger partial charge in [0.05, 0.1) is 0 Å². The molecule has 0 saturated heterocycles. The lowest BCUT2D eigenvalue weighted by molar-refractivity contribution is 0.102. The molecule has 1 aromatic heterocycles. The molecule has 0 aliphatic heterocycles. The molecule has 0 unspecified atom stereocenters. The summed E-state index contributed by atoms with van der Waals surface area (Å²) in [6.07, 6.45) is 0.